The number of nitrogens with zero attached hydrogens (tertiary/aromatic N) is 1. The molecular weight excluding hydrogens is 266 g/mol. The van der Waals surface area contributed by atoms with Crippen LogP contribution in [0.1, 0.15) is 35.5 Å². The number of H-pyrrole nitrogens is 1. The Morgan fingerprint density at radius 1 is 1.38 bits per heavy atom. The van der Waals surface area contributed by atoms with E-state index in [1.807, 2.05) is 37.3 Å². The summed E-state index contributed by atoms with van der Waals surface area (Å²) in [5.74, 6) is -0.153. The lowest BCUT2D eigenvalue weighted by molar-refractivity contribution is -0.121. The van der Waals surface area contributed by atoms with Crippen LogP contribution in [0.15, 0.2) is 30.3 Å². The number of aliphatic hydroxyl groups excluding tert-OH is 1. The summed E-state index contributed by atoms with van der Waals surface area (Å²) >= 11 is 0. The zero-order valence-corrected chi connectivity index (χ0v) is 12.4. The van der Waals surface area contributed by atoms with Crippen molar-refractivity contribution in [2.24, 2.45) is 0 Å². The average molecular weight is 287 g/mol. The standard InChI is InChI=1S/C16H21N3O2/c1-3-12-4-6-13(7-5-12)15(10-20)17-16(21)9-14-8-11(2)18-19-14/h4-8,15,20H,3,9-10H2,1-2H3,(H,17,21)(H,18,19). The van der Waals surface area contributed by atoms with Crippen molar-refractivity contribution in [2.45, 2.75) is 32.7 Å². The molecule has 0 saturated heterocycles. The van der Waals surface area contributed by atoms with E-state index >= 15 is 0 Å². The fourth-order valence-electron chi connectivity index (χ4n) is 2.19. The maximum atomic E-state index is 12.0. The monoisotopic (exact) mass is 287 g/mol. The molecule has 0 saturated carbocycles. The van der Waals surface area contributed by atoms with E-state index in [1.165, 1.54) is 5.56 Å². The zero-order valence-electron chi connectivity index (χ0n) is 12.4. The fraction of sp³-hybridized carbons (Fsp3) is 0.375. The molecule has 2 rings (SSSR count). The molecule has 0 bridgehead atoms. The van der Waals surface area contributed by atoms with E-state index in [-0.39, 0.29) is 25.0 Å². The molecule has 5 heteroatoms. The second-order valence-electron chi connectivity index (χ2n) is 5.12. The van der Waals surface area contributed by atoms with Crippen molar-refractivity contribution < 1.29 is 9.90 Å². The molecule has 5 nitrogen and oxygen atoms in total. The van der Waals surface area contributed by atoms with Gasteiger partial charge in [-0.25, -0.2) is 0 Å². The second kappa shape index (κ2) is 7.04. The van der Waals surface area contributed by atoms with Crippen LogP contribution < -0.4 is 5.32 Å². The zero-order chi connectivity index (χ0) is 15.2. The number of hydrogen-bond acceptors (Lipinski definition) is 3. The van der Waals surface area contributed by atoms with Gasteiger partial charge in [0, 0.05) is 5.69 Å². The van der Waals surface area contributed by atoms with Crippen LogP contribution in [0.5, 0.6) is 0 Å². The lowest BCUT2D eigenvalue weighted by atomic mass is 10.0. The summed E-state index contributed by atoms with van der Waals surface area (Å²) in [6.07, 6.45) is 1.17. The maximum absolute atomic E-state index is 12.0. The molecule has 21 heavy (non-hydrogen) atoms. The van der Waals surface area contributed by atoms with Crippen LogP contribution in [0.3, 0.4) is 0 Å². The quantitative estimate of drug-likeness (QED) is 0.756. The summed E-state index contributed by atoms with van der Waals surface area (Å²) in [5.41, 5.74) is 3.75. The number of nitrogens with one attached hydrogen (secondary N) is 2. The van der Waals surface area contributed by atoms with Crippen molar-refractivity contribution >= 4 is 5.91 Å². The summed E-state index contributed by atoms with van der Waals surface area (Å²) in [6, 6.07) is 9.37. The molecule has 1 heterocycles. The lowest BCUT2D eigenvalue weighted by Crippen LogP contribution is -2.32. The minimum atomic E-state index is -0.386. The van der Waals surface area contributed by atoms with Gasteiger partial charge >= 0.3 is 0 Å². The first-order valence-corrected chi connectivity index (χ1v) is 7.12. The van der Waals surface area contributed by atoms with Crippen LogP contribution in [0.4, 0.5) is 0 Å². The molecular formula is C16H21N3O2. The maximum Gasteiger partial charge on any atom is 0.226 e. The van der Waals surface area contributed by atoms with Gasteiger partial charge in [-0.05, 0) is 30.5 Å². The summed E-state index contributed by atoms with van der Waals surface area (Å²) in [5, 5.41) is 19.2. The van der Waals surface area contributed by atoms with Crippen molar-refractivity contribution in [3.8, 4) is 0 Å². The number of rotatable bonds is 6. The molecule has 0 aliphatic rings. The van der Waals surface area contributed by atoms with Gasteiger partial charge in [-0.1, -0.05) is 31.2 Å². The molecule has 0 radical (unpaired) electrons. The topological polar surface area (TPSA) is 78.0 Å². The smallest absolute Gasteiger partial charge is 0.226 e. The summed E-state index contributed by atoms with van der Waals surface area (Å²) in [6.45, 7) is 3.85. The Morgan fingerprint density at radius 2 is 2.10 bits per heavy atom. The second-order valence-corrected chi connectivity index (χ2v) is 5.12. The van der Waals surface area contributed by atoms with E-state index in [1.54, 1.807) is 0 Å². The van der Waals surface area contributed by atoms with E-state index in [9.17, 15) is 9.90 Å². The van der Waals surface area contributed by atoms with Crippen molar-refractivity contribution in [2.75, 3.05) is 6.61 Å². The number of carbonyl (C=O) groups is 1. The van der Waals surface area contributed by atoms with E-state index in [4.69, 9.17) is 0 Å². The molecule has 1 aromatic heterocycles. The number of carbonyl (C=O) groups excluding carboxylic acids is 1. The Kier molecular flexibility index (Phi) is 5.11. The van der Waals surface area contributed by atoms with Gasteiger partial charge in [0.1, 0.15) is 0 Å². The average Bonchev–Trinajstić information content (AvgIpc) is 2.90. The van der Waals surface area contributed by atoms with E-state index < -0.39 is 0 Å². The fourth-order valence-corrected chi connectivity index (χ4v) is 2.19. The third kappa shape index (κ3) is 4.16. The van der Waals surface area contributed by atoms with Gasteiger partial charge in [-0.2, -0.15) is 5.10 Å². The van der Waals surface area contributed by atoms with Gasteiger partial charge in [-0.3, -0.25) is 9.89 Å². The highest BCUT2D eigenvalue weighted by atomic mass is 16.3. The van der Waals surface area contributed by atoms with Gasteiger partial charge in [0.25, 0.3) is 0 Å². The molecule has 1 unspecified atom stereocenters. The largest absolute Gasteiger partial charge is 0.394 e. The van der Waals surface area contributed by atoms with Crippen LogP contribution in [-0.4, -0.2) is 27.8 Å². The van der Waals surface area contributed by atoms with Crippen LogP contribution in [0.2, 0.25) is 0 Å². The van der Waals surface area contributed by atoms with Crippen LogP contribution in [-0.2, 0) is 17.6 Å². The first kappa shape index (κ1) is 15.3. The third-order valence-electron chi connectivity index (χ3n) is 3.41. The number of aliphatic hydroxyl groups is 1. The van der Waals surface area contributed by atoms with Gasteiger partial charge < -0.3 is 10.4 Å². The van der Waals surface area contributed by atoms with Crippen LogP contribution in [0, 0.1) is 6.92 Å². The predicted octanol–water partition coefficient (Wildman–Crippen LogP) is 1.67. The van der Waals surface area contributed by atoms with E-state index in [0.717, 1.165) is 17.7 Å². The number of hydrogen-bond donors (Lipinski definition) is 3. The summed E-state index contributed by atoms with van der Waals surface area (Å²) in [4.78, 5) is 12.0. The predicted molar refractivity (Wildman–Crippen MR) is 80.8 cm³/mol. The van der Waals surface area contributed by atoms with Crippen molar-refractivity contribution in [3.05, 3.63) is 52.8 Å². The first-order chi connectivity index (χ1) is 10.1. The molecule has 1 aromatic carbocycles. The van der Waals surface area contributed by atoms with Crippen LogP contribution >= 0.6 is 0 Å². The lowest BCUT2D eigenvalue weighted by Gasteiger charge is -2.16. The SMILES string of the molecule is CCc1ccc(C(CO)NC(=O)Cc2cc(C)[nH]n2)cc1. The molecule has 3 N–H and O–H groups in total. The number of aromatic nitrogens is 2. The highest BCUT2D eigenvalue weighted by Gasteiger charge is 2.14. The summed E-state index contributed by atoms with van der Waals surface area (Å²) < 4.78 is 0. The number of aryl methyl sites for hydroxylation is 2. The van der Waals surface area contributed by atoms with Crippen molar-refractivity contribution in [1.82, 2.24) is 15.5 Å². The Hall–Kier alpha value is -2.14. The summed E-state index contributed by atoms with van der Waals surface area (Å²) in [7, 11) is 0. The molecule has 1 amide bonds. The highest BCUT2D eigenvalue weighted by Crippen LogP contribution is 2.14. The van der Waals surface area contributed by atoms with E-state index in [0.29, 0.717) is 5.69 Å². The normalized spacial score (nSPS) is 12.1. The molecule has 0 aliphatic carbocycles. The van der Waals surface area contributed by atoms with Gasteiger partial charge in [0.15, 0.2) is 0 Å². The van der Waals surface area contributed by atoms with Crippen LogP contribution in [0.25, 0.3) is 0 Å². The van der Waals surface area contributed by atoms with Gasteiger partial charge in [-0.15, -0.1) is 0 Å². The Bertz CT molecular complexity index is 590. The number of benzene rings is 1. The Morgan fingerprint density at radius 3 is 2.62 bits per heavy atom. The van der Waals surface area contributed by atoms with E-state index in [2.05, 4.69) is 22.4 Å². The number of aromatic amines is 1. The van der Waals surface area contributed by atoms with Crippen molar-refractivity contribution in [1.29, 1.82) is 0 Å². The molecule has 112 valence electrons. The van der Waals surface area contributed by atoms with Gasteiger partial charge in [0.05, 0.1) is 24.8 Å². The van der Waals surface area contributed by atoms with Gasteiger partial charge in [0.2, 0.25) is 5.91 Å². The Balaban J connectivity index is 1.98. The molecule has 0 fully saturated rings. The molecule has 0 spiro atoms. The van der Waals surface area contributed by atoms with Crippen molar-refractivity contribution in [3.63, 3.8) is 0 Å². The minimum Gasteiger partial charge on any atom is -0.394 e. The molecule has 0 aliphatic heterocycles. The highest BCUT2D eigenvalue weighted by molar-refractivity contribution is 5.78. The molecule has 2 aromatic rings. The first-order valence-electron chi connectivity index (χ1n) is 7.12. The molecule has 1 atom stereocenters. The number of amides is 1. The Labute approximate surface area is 124 Å². The third-order valence-corrected chi connectivity index (χ3v) is 3.41. The minimum absolute atomic E-state index is 0.128.